The molecule has 21 heavy (non-hydrogen) atoms. The fourth-order valence-electron chi connectivity index (χ4n) is 2.56. The van der Waals surface area contributed by atoms with E-state index in [4.69, 9.17) is 17.3 Å². The molecule has 5 heteroatoms. The van der Waals surface area contributed by atoms with E-state index >= 15 is 0 Å². The van der Waals surface area contributed by atoms with Crippen LogP contribution in [0.1, 0.15) is 36.5 Å². The van der Waals surface area contributed by atoms with Crippen molar-refractivity contribution >= 4 is 23.2 Å². The Morgan fingerprint density at radius 2 is 2.14 bits per heavy atom. The predicted molar refractivity (Wildman–Crippen MR) is 87.7 cm³/mol. The van der Waals surface area contributed by atoms with Gasteiger partial charge in [-0.1, -0.05) is 18.5 Å². The summed E-state index contributed by atoms with van der Waals surface area (Å²) in [5.41, 5.74) is 6.68. The van der Waals surface area contributed by atoms with E-state index in [1.807, 2.05) is 0 Å². The first-order valence-corrected chi connectivity index (χ1v) is 7.99. The summed E-state index contributed by atoms with van der Waals surface area (Å²) in [5.74, 6) is 0.764. The Labute approximate surface area is 131 Å². The molecule has 116 valence electrons. The molecule has 0 aliphatic carbocycles. The van der Waals surface area contributed by atoms with Gasteiger partial charge in [-0.05, 0) is 63.0 Å². The van der Waals surface area contributed by atoms with Crippen molar-refractivity contribution in [3.05, 3.63) is 28.8 Å². The second kappa shape index (κ2) is 7.66. The third-order valence-corrected chi connectivity index (χ3v) is 4.40. The number of piperidine rings is 1. The number of hydrogen-bond donors (Lipinski definition) is 2. The number of nitrogens with zero attached hydrogens (tertiary/aromatic N) is 1. The van der Waals surface area contributed by atoms with E-state index in [0.29, 0.717) is 22.8 Å². The molecule has 4 nitrogen and oxygen atoms in total. The highest BCUT2D eigenvalue weighted by Crippen LogP contribution is 2.19. The van der Waals surface area contributed by atoms with Crippen LogP contribution >= 0.6 is 11.6 Å². The molecular formula is C16H24ClN3O. The number of nitrogens with one attached hydrogen (secondary N) is 1. The molecule has 0 unspecified atom stereocenters. The van der Waals surface area contributed by atoms with Crippen LogP contribution in [-0.2, 0) is 0 Å². The molecule has 1 saturated heterocycles. The molecule has 0 spiro atoms. The third-order valence-electron chi connectivity index (χ3n) is 4.08. The van der Waals surface area contributed by atoms with E-state index in [2.05, 4.69) is 17.1 Å². The molecule has 1 aliphatic rings. The van der Waals surface area contributed by atoms with Gasteiger partial charge in [-0.15, -0.1) is 0 Å². The predicted octanol–water partition coefficient (Wildman–Crippen LogP) is 2.77. The average molecular weight is 310 g/mol. The quantitative estimate of drug-likeness (QED) is 0.649. The zero-order chi connectivity index (χ0) is 15.2. The minimum absolute atomic E-state index is 0.0934. The summed E-state index contributed by atoms with van der Waals surface area (Å²) in [6, 6.07) is 4.97. The van der Waals surface area contributed by atoms with Gasteiger partial charge in [0.15, 0.2) is 0 Å². The molecule has 1 aromatic carbocycles. The highest BCUT2D eigenvalue weighted by atomic mass is 35.5. The van der Waals surface area contributed by atoms with E-state index in [-0.39, 0.29) is 5.91 Å². The van der Waals surface area contributed by atoms with Crippen LogP contribution in [0.5, 0.6) is 0 Å². The highest BCUT2D eigenvalue weighted by molar-refractivity contribution is 6.33. The third kappa shape index (κ3) is 4.90. The molecule has 0 aromatic heterocycles. The SMILES string of the molecule is CC1CCN(CCCNC(=O)c2ccc(N)c(Cl)c2)CC1. The summed E-state index contributed by atoms with van der Waals surface area (Å²) in [6.45, 7) is 6.42. The first-order chi connectivity index (χ1) is 10.1. The first-order valence-electron chi connectivity index (χ1n) is 7.62. The average Bonchev–Trinajstić information content (AvgIpc) is 2.48. The van der Waals surface area contributed by atoms with Crippen LogP contribution in [0.2, 0.25) is 5.02 Å². The minimum Gasteiger partial charge on any atom is -0.398 e. The highest BCUT2D eigenvalue weighted by Gasteiger charge is 2.15. The summed E-state index contributed by atoms with van der Waals surface area (Å²) in [5, 5.41) is 3.35. The summed E-state index contributed by atoms with van der Waals surface area (Å²) in [7, 11) is 0. The second-order valence-electron chi connectivity index (χ2n) is 5.87. The Morgan fingerprint density at radius 3 is 2.81 bits per heavy atom. The van der Waals surface area contributed by atoms with Crippen LogP contribution in [0.4, 0.5) is 5.69 Å². The van der Waals surface area contributed by atoms with Crippen LogP contribution in [0.25, 0.3) is 0 Å². The first kappa shape index (κ1) is 16.1. The molecule has 1 aromatic rings. The van der Waals surface area contributed by atoms with Gasteiger partial charge in [0.2, 0.25) is 0 Å². The zero-order valence-electron chi connectivity index (χ0n) is 12.6. The number of carbonyl (C=O) groups excluding carboxylic acids is 1. The molecule has 1 aliphatic heterocycles. The molecule has 1 heterocycles. The Bertz CT molecular complexity index is 484. The fraction of sp³-hybridized carbons (Fsp3) is 0.562. The molecule has 2 rings (SSSR count). The van der Waals surface area contributed by atoms with E-state index < -0.39 is 0 Å². The molecule has 0 radical (unpaired) electrons. The standard InChI is InChI=1S/C16H24ClN3O/c1-12-5-9-20(10-6-12)8-2-7-19-16(21)13-3-4-15(18)14(17)11-13/h3-4,11-12H,2,5-10,18H2,1H3,(H,19,21). The van der Waals surface area contributed by atoms with Gasteiger partial charge in [0.1, 0.15) is 0 Å². The minimum atomic E-state index is -0.0934. The monoisotopic (exact) mass is 309 g/mol. The largest absolute Gasteiger partial charge is 0.398 e. The lowest BCUT2D eigenvalue weighted by Gasteiger charge is -2.30. The van der Waals surface area contributed by atoms with Gasteiger partial charge in [-0.2, -0.15) is 0 Å². The Morgan fingerprint density at radius 1 is 1.43 bits per heavy atom. The van der Waals surface area contributed by atoms with Crippen molar-refractivity contribution in [2.45, 2.75) is 26.2 Å². The van der Waals surface area contributed by atoms with Crippen molar-refractivity contribution < 1.29 is 4.79 Å². The van der Waals surface area contributed by atoms with Gasteiger partial charge in [0.05, 0.1) is 10.7 Å². The molecule has 0 atom stereocenters. The number of anilines is 1. The lowest BCUT2D eigenvalue weighted by atomic mass is 9.99. The maximum absolute atomic E-state index is 12.0. The number of carbonyl (C=O) groups is 1. The molecule has 1 amide bonds. The lowest BCUT2D eigenvalue weighted by molar-refractivity contribution is 0.0950. The maximum atomic E-state index is 12.0. The number of rotatable bonds is 5. The van der Waals surface area contributed by atoms with Gasteiger partial charge in [0, 0.05) is 12.1 Å². The lowest BCUT2D eigenvalue weighted by Crippen LogP contribution is -2.35. The van der Waals surface area contributed by atoms with Crippen LogP contribution in [-0.4, -0.2) is 37.0 Å². The van der Waals surface area contributed by atoms with Gasteiger partial charge in [-0.25, -0.2) is 0 Å². The number of likely N-dealkylation sites (tertiary alicyclic amines) is 1. The van der Waals surface area contributed by atoms with Crippen LogP contribution < -0.4 is 11.1 Å². The van der Waals surface area contributed by atoms with Crippen molar-refractivity contribution in [2.75, 3.05) is 31.9 Å². The Hall–Kier alpha value is -1.26. The number of halogens is 1. The van der Waals surface area contributed by atoms with E-state index in [1.54, 1.807) is 18.2 Å². The van der Waals surface area contributed by atoms with Gasteiger partial charge >= 0.3 is 0 Å². The van der Waals surface area contributed by atoms with Crippen molar-refractivity contribution in [3.8, 4) is 0 Å². The number of nitrogen functional groups attached to an aromatic ring is 1. The van der Waals surface area contributed by atoms with Crippen molar-refractivity contribution in [3.63, 3.8) is 0 Å². The number of nitrogens with two attached hydrogens (primary N) is 1. The van der Waals surface area contributed by atoms with Crippen LogP contribution in [0.3, 0.4) is 0 Å². The molecule has 3 N–H and O–H groups in total. The smallest absolute Gasteiger partial charge is 0.251 e. The number of amides is 1. The molecular weight excluding hydrogens is 286 g/mol. The molecule has 0 bridgehead atoms. The molecule has 0 saturated carbocycles. The van der Waals surface area contributed by atoms with Gasteiger partial charge < -0.3 is 16.0 Å². The maximum Gasteiger partial charge on any atom is 0.251 e. The topological polar surface area (TPSA) is 58.4 Å². The van der Waals surface area contributed by atoms with Crippen LogP contribution in [0, 0.1) is 5.92 Å². The summed E-state index contributed by atoms with van der Waals surface area (Å²) < 4.78 is 0. The normalized spacial score (nSPS) is 16.9. The number of benzene rings is 1. The molecule has 1 fully saturated rings. The zero-order valence-corrected chi connectivity index (χ0v) is 13.3. The summed E-state index contributed by atoms with van der Waals surface area (Å²) >= 11 is 5.92. The van der Waals surface area contributed by atoms with E-state index in [1.165, 1.54) is 25.9 Å². The number of hydrogen-bond acceptors (Lipinski definition) is 3. The van der Waals surface area contributed by atoms with Crippen molar-refractivity contribution in [2.24, 2.45) is 5.92 Å². The van der Waals surface area contributed by atoms with Crippen molar-refractivity contribution in [1.29, 1.82) is 0 Å². The van der Waals surface area contributed by atoms with Gasteiger partial charge in [-0.3, -0.25) is 4.79 Å². The van der Waals surface area contributed by atoms with Crippen LogP contribution in [0.15, 0.2) is 18.2 Å². The second-order valence-corrected chi connectivity index (χ2v) is 6.28. The summed E-state index contributed by atoms with van der Waals surface area (Å²) in [4.78, 5) is 14.5. The fourth-order valence-corrected chi connectivity index (χ4v) is 2.74. The van der Waals surface area contributed by atoms with Gasteiger partial charge in [0.25, 0.3) is 5.91 Å². The summed E-state index contributed by atoms with van der Waals surface area (Å²) in [6.07, 6.45) is 3.55. The van der Waals surface area contributed by atoms with E-state index in [9.17, 15) is 4.79 Å². The van der Waals surface area contributed by atoms with Crippen molar-refractivity contribution in [1.82, 2.24) is 10.2 Å². The Kier molecular flexibility index (Phi) is 5.88. The van der Waals surface area contributed by atoms with E-state index in [0.717, 1.165) is 18.9 Å². The Balaban J connectivity index is 1.68.